The van der Waals surface area contributed by atoms with Gasteiger partial charge >= 0.3 is 5.97 Å². The van der Waals surface area contributed by atoms with Crippen LogP contribution in [0.25, 0.3) is 0 Å². The van der Waals surface area contributed by atoms with Crippen LogP contribution in [-0.2, 0) is 9.53 Å². The quantitative estimate of drug-likeness (QED) is 0.475. The van der Waals surface area contributed by atoms with Crippen LogP contribution in [0.4, 0.5) is 0 Å². The number of hydrogen-bond donors (Lipinski definition) is 0. The number of hydrogen-bond acceptors (Lipinski definition) is 2. The molecule has 1 aliphatic rings. The van der Waals surface area contributed by atoms with E-state index in [1.807, 2.05) is 0 Å². The van der Waals surface area contributed by atoms with Gasteiger partial charge < -0.3 is 4.74 Å². The Kier molecular flexibility index (Phi) is 6.45. The fraction of sp³-hybridized carbons (Fsp3) is 0.923. The lowest BCUT2D eigenvalue weighted by molar-refractivity contribution is -0.149. The first-order valence-corrected chi connectivity index (χ1v) is 6.48. The highest BCUT2D eigenvalue weighted by molar-refractivity contribution is 5.69. The van der Waals surface area contributed by atoms with E-state index >= 15 is 0 Å². The fourth-order valence-electron chi connectivity index (χ4n) is 2.13. The van der Waals surface area contributed by atoms with E-state index in [1.165, 1.54) is 44.9 Å². The molecular formula is C13H24O2. The van der Waals surface area contributed by atoms with Gasteiger partial charge in [0.05, 0.1) is 6.61 Å². The molecule has 1 heterocycles. The summed E-state index contributed by atoms with van der Waals surface area (Å²) >= 11 is 0. The van der Waals surface area contributed by atoms with Gasteiger partial charge in [0.25, 0.3) is 0 Å². The normalized spacial score (nSPS) is 21.4. The molecule has 0 aromatic heterocycles. The Bertz CT molecular complexity index is 167. The van der Waals surface area contributed by atoms with Gasteiger partial charge in [-0.3, -0.25) is 4.79 Å². The average Bonchev–Trinajstić information content (AvgIpc) is 2.26. The molecule has 1 aliphatic heterocycles. The highest BCUT2D eigenvalue weighted by atomic mass is 16.5. The van der Waals surface area contributed by atoms with Crippen LogP contribution in [0.15, 0.2) is 0 Å². The number of carbonyl (C=O) groups excluding carboxylic acids is 1. The summed E-state index contributed by atoms with van der Waals surface area (Å²) < 4.78 is 5.05. The maximum absolute atomic E-state index is 10.8. The summed E-state index contributed by atoms with van der Waals surface area (Å²) in [6, 6.07) is 0. The first-order valence-electron chi connectivity index (χ1n) is 6.48. The molecule has 15 heavy (non-hydrogen) atoms. The number of ether oxygens (including phenoxy) is 1. The maximum Gasteiger partial charge on any atom is 0.305 e. The Morgan fingerprint density at radius 2 is 1.93 bits per heavy atom. The van der Waals surface area contributed by atoms with Crippen molar-refractivity contribution in [1.29, 1.82) is 0 Å². The van der Waals surface area contributed by atoms with Crippen molar-refractivity contribution in [3.8, 4) is 0 Å². The summed E-state index contributed by atoms with van der Waals surface area (Å²) in [7, 11) is 0. The standard InChI is InChI=1S/C13H24O2/c1-2-3-4-5-6-7-8-12-9-10-13(14)15-11-12/h12H,2-11H2,1H3/t12-/m0/s1. The molecule has 0 aromatic rings. The van der Waals surface area contributed by atoms with Gasteiger partial charge in [-0.1, -0.05) is 45.4 Å². The van der Waals surface area contributed by atoms with E-state index < -0.39 is 0 Å². The second kappa shape index (κ2) is 7.72. The number of cyclic esters (lactones) is 1. The van der Waals surface area contributed by atoms with Crippen molar-refractivity contribution in [2.45, 2.75) is 64.7 Å². The second-order valence-electron chi connectivity index (χ2n) is 4.64. The van der Waals surface area contributed by atoms with Gasteiger partial charge in [-0.15, -0.1) is 0 Å². The molecule has 0 amide bonds. The average molecular weight is 212 g/mol. The van der Waals surface area contributed by atoms with Crippen LogP contribution in [0.2, 0.25) is 0 Å². The molecule has 0 aliphatic carbocycles. The minimum absolute atomic E-state index is 0.00537. The molecule has 0 saturated carbocycles. The van der Waals surface area contributed by atoms with Gasteiger partial charge in [0.2, 0.25) is 0 Å². The van der Waals surface area contributed by atoms with Gasteiger partial charge in [0.15, 0.2) is 0 Å². The SMILES string of the molecule is CCCCCCCC[C@H]1CCC(=O)OC1. The van der Waals surface area contributed by atoms with Crippen molar-refractivity contribution in [2.24, 2.45) is 5.92 Å². The molecule has 0 aromatic carbocycles. The molecule has 0 unspecified atom stereocenters. The summed E-state index contributed by atoms with van der Waals surface area (Å²) in [6.07, 6.45) is 11.1. The first-order chi connectivity index (χ1) is 7.33. The molecule has 88 valence electrons. The van der Waals surface area contributed by atoms with E-state index in [0.29, 0.717) is 18.9 Å². The van der Waals surface area contributed by atoms with Crippen molar-refractivity contribution < 1.29 is 9.53 Å². The van der Waals surface area contributed by atoms with Crippen molar-refractivity contribution in [1.82, 2.24) is 0 Å². The highest BCUT2D eigenvalue weighted by Crippen LogP contribution is 2.21. The van der Waals surface area contributed by atoms with Crippen molar-refractivity contribution in [2.75, 3.05) is 6.61 Å². The third kappa shape index (κ3) is 5.81. The molecule has 1 atom stereocenters. The zero-order valence-electron chi connectivity index (χ0n) is 9.96. The van der Waals surface area contributed by atoms with Crippen molar-refractivity contribution in [3.63, 3.8) is 0 Å². The molecular weight excluding hydrogens is 188 g/mol. The van der Waals surface area contributed by atoms with Crippen LogP contribution >= 0.6 is 0 Å². The molecule has 2 nitrogen and oxygen atoms in total. The van der Waals surface area contributed by atoms with E-state index in [0.717, 1.165) is 6.42 Å². The second-order valence-corrected chi connectivity index (χ2v) is 4.64. The van der Waals surface area contributed by atoms with Crippen LogP contribution in [0.1, 0.15) is 64.7 Å². The Balaban J connectivity index is 1.89. The van der Waals surface area contributed by atoms with Crippen LogP contribution in [0.5, 0.6) is 0 Å². The molecule has 2 heteroatoms. The molecule has 0 spiro atoms. The fourth-order valence-corrected chi connectivity index (χ4v) is 2.13. The number of carbonyl (C=O) groups is 1. The molecule has 0 radical (unpaired) electrons. The lowest BCUT2D eigenvalue weighted by Gasteiger charge is -2.21. The summed E-state index contributed by atoms with van der Waals surface area (Å²) in [5.41, 5.74) is 0. The van der Waals surface area contributed by atoms with E-state index in [2.05, 4.69) is 6.92 Å². The largest absolute Gasteiger partial charge is 0.465 e. The number of unbranched alkanes of at least 4 members (excludes halogenated alkanes) is 5. The predicted molar refractivity (Wildman–Crippen MR) is 61.7 cm³/mol. The Labute approximate surface area is 93.4 Å². The van der Waals surface area contributed by atoms with E-state index in [1.54, 1.807) is 0 Å². The smallest absolute Gasteiger partial charge is 0.305 e. The van der Waals surface area contributed by atoms with Crippen LogP contribution in [0.3, 0.4) is 0 Å². The summed E-state index contributed by atoms with van der Waals surface area (Å²) in [5, 5.41) is 0. The zero-order valence-corrected chi connectivity index (χ0v) is 9.96. The van der Waals surface area contributed by atoms with Crippen LogP contribution in [0, 0.1) is 5.92 Å². The van der Waals surface area contributed by atoms with E-state index in [-0.39, 0.29) is 5.97 Å². The molecule has 0 bridgehead atoms. The lowest BCUT2D eigenvalue weighted by Crippen LogP contribution is -2.21. The van der Waals surface area contributed by atoms with Crippen LogP contribution < -0.4 is 0 Å². The van der Waals surface area contributed by atoms with E-state index in [4.69, 9.17) is 4.74 Å². The Morgan fingerprint density at radius 1 is 1.20 bits per heavy atom. The van der Waals surface area contributed by atoms with Gasteiger partial charge in [-0.05, 0) is 18.8 Å². The number of rotatable bonds is 7. The topological polar surface area (TPSA) is 26.3 Å². The van der Waals surface area contributed by atoms with Gasteiger partial charge in [0, 0.05) is 6.42 Å². The predicted octanol–water partition coefficient (Wildman–Crippen LogP) is 3.69. The van der Waals surface area contributed by atoms with E-state index in [9.17, 15) is 4.79 Å². The molecule has 1 rings (SSSR count). The summed E-state index contributed by atoms with van der Waals surface area (Å²) in [6.45, 7) is 2.92. The Hall–Kier alpha value is -0.530. The third-order valence-electron chi connectivity index (χ3n) is 3.20. The van der Waals surface area contributed by atoms with Crippen molar-refractivity contribution in [3.05, 3.63) is 0 Å². The zero-order chi connectivity index (χ0) is 10.9. The third-order valence-corrected chi connectivity index (χ3v) is 3.20. The van der Waals surface area contributed by atoms with Gasteiger partial charge in [0.1, 0.15) is 0 Å². The Morgan fingerprint density at radius 3 is 2.60 bits per heavy atom. The summed E-state index contributed by atoms with van der Waals surface area (Å²) in [5.74, 6) is 0.642. The molecule has 1 fully saturated rings. The van der Waals surface area contributed by atoms with Crippen molar-refractivity contribution >= 4 is 5.97 Å². The van der Waals surface area contributed by atoms with Gasteiger partial charge in [-0.25, -0.2) is 0 Å². The monoisotopic (exact) mass is 212 g/mol. The van der Waals surface area contributed by atoms with Crippen LogP contribution in [-0.4, -0.2) is 12.6 Å². The first kappa shape index (κ1) is 12.5. The number of esters is 1. The molecule has 1 saturated heterocycles. The minimum atomic E-state index is -0.00537. The minimum Gasteiger partial charge on any atom is -0.465 e. The lowest BCUT2D eigenvalue weighted by atomic mass is 9.95. The summed E-state index contributed by atoms with van der Waals surface area (Å²) in [4.78, 5) is 10.8. The van der Waals surface area contributed by atoms with Gasteiger partial charge in [-0.2, -0.15) is 0 Å². The highest BCUT2D eigenvalue weighted by Gasteiger charge is 2.18. The maximum atomic E-state index is 10.8. The molecule has 0 N–H and O–H groups in total.